The number of aromatic nitrogens is 1. The number of pyridine rings is 1. The van der Waals surface area contributed by atoms with E-state index >= 15 is 0 Å². The van der Waals surface area contributed by atoms with Gasteiger partial charge in [0.15, 0.2) is 6.61 Å². The summed E-state index contributed by atoms with van der Waals surface area (Å²) in [6.07, 6.45) is 0.981. The quantitative estimate of drug-likeness (QED) is 0.801. The van der Waals surface area contributed by atoms with Gasteiger partial charge in [0, 0.05) is 0 Å². The van der Waals surface area contributed by atoms with Crippen LogP contribution in [-0.4, -0.2) is 17.4 Å². The van der Waals surface area contributed by atoms with Crippen molar-refractivity contribution in [2.75, 3.05) is 6.61 Å². The molecular weight excluding hydrogens is 259 g/mol. The van der Waals surface area contributed by atoms with E-state index in [1.165, 1.54) is 12.1 Å². The van der Waals surface area contributed by atoms with Gasteiger partial charge in [-0.05, 0) is 36.8 Å². The number of halogens is 1. The first-order valence-electron chi connectivity index (χ1n) is 5.88. The molecule has 2 rings (SSSR count). The lowest BCUT2D eigenvalue weighted by molar-refractivity contribution is 0.0916. The zero-order valence-corrected chi connectivity index (χ0v) is 10.8. The number of nitrogens with zero attached hydrogens (tertiary/aromatic N) is 2. The number of Topliss-reactive ketones (excluding diaryl/α,β-unsaturated/α-hetero) is 1. The molecule has 0 atom stereocenters. The molecule has 1 heterocycles. The lowest BCUT2D eigenvalue weighted by atomic mass is 10.1. The number of carbonyl (C=O) groups is 1. The summed E-state index contributed by atoms with van der Waals surface area (Å²) in [5, 5.41) is 8.82. The molecule has 100 valence electrons. The van der Waals surface area contributed by atoms with Crippen LogP contribution in [0.1, 0.15) is 21.6 Å². The first-order chi connectivity index (χ1) is 9.60. The fraction of sp³-hybridized carbons (Fsp3) is 0.133. The van der Waals surface area contributed by atoms with Gasteiger partial charge in [0.2, 0.25) is 5.78 Å². The number of benzene rings is 1. The second kappa shape index (κ2) is 5.93. The number of ketones is 1. The molecule has 0 aliphatic carbocycles. The standard InChI is InChI=1S/C15H11FN2O2/c1-10-2-3-11(7-17)6-15(10)20-9-14(19)13-5-4-12(16)8-18-13/h2-6,8H,9H2,1H3. The van der Waals surface area contributed by atoms with Crippen LogP contribution < -0.4 is 4.74 Å². The zero-order chi connectivity index (χ0) is 14.5. The smallest absolute Gasteiger partial charge is 0.218 e. The summed E-state index contributed by atoms with van der Waals surface area (Å²) in [7, 11) is 0. The highest BCUT2D eigenvalue weighted by Gasteiger charge is 2.10. The van der Waals surface area contributed by atoms with E-state index in [-0.39, 0.29) is 18.1 Å². The molecule has 5 heteroatoms. The molecule has 0 spiro atoms. The number of aryl methyl sites for hydroxylation is 1. The van der Waals surface area contributed by atoms with Crippen molar-refractivity contribution in [1.29, 1.82) is 5.26 Å². The Bertz CT molecular complexity index is 675. The van der Waals surface area contributed by atoms with Crippen molar-refractivity contribution in [1.82, 2.24) is 4.98 Å². The third-order valence-electron chi connectivity index (χ3n) is 2.69. The van der Waals surface area contributed by atoms with E-state index in [1.54, 1.807) is 18.2 Å². The molecule has 0 amide bonds. The molecule has 0 aliphatic rings. The Balaban J connectivity index is 2.07. The normalized spacial score (nSPS) is 9.85. The number of ether oxygens (including phenoxy) is 1. The van der Waals surface area contributed by atoms with E-state index in [4.69, 9.17) is 10.00 Å². The van der Waals surface area contributed by atoms with Gasteiger partial charge >= 0.3 is 0 Å². The molecule has 0 saturated heterocycles. The molecule has 1 aromatic heterocycles. The van der Waals surface area contributed by atoms with Gasteiger partial charge in [0.25, 0.3) is 0 Å². The van der Waals surface area contributed by atoms with Crippen molar-refractivity contribution in [3.05, 3.63) is 59.2 Å². The molecule has 0 unspecified atom stereocenters. The summed E-state index contributed by atoms with van der Waals surface area (Å²) in [5.41, 5.74) is 1.42. The topological polar surface area (TPSA) is 63.0 Å². The molecule has 20 heavy (non-hydrogen) atoms. The minimum absolute atomic E-state index is 0.139. The third kappa shape index (κ3) is 3.18. The molecule has 2 aromatic rings. The van der Waals surface area contributed by atoms with Crippen molar-refractivity contribution >= 4 is 5.78 Å². The van der Waals surface area contributed by atoms with Gasteiger partial charge in [0.1, 0.15) is 17.3 Å². The van der Waals surface area contributed by atoms with E-state index in [0.717, 1.165) is 11.8 Å². The average molecular weight is 270 g/mol. The van der Waals surface area contributed by atoms with E-state index in [2.05, 4.69) is 4.98 Å². The molecule has 0 fully saturated rings. The predicted octanol–water partition coefficient (Wildman–Crippen LogP) is 2.66. The molecule has 1 aromatic carbocycles. The summed E-state index contributed by atoms with van der Waals surface area (Å²) < 4.78 is 18.1. The van der Waals surface area contributed by atoms with Crippen molar-refractivity contribution < 1.29 is 13.9 Å². The Kier molecular flexibility index (Phi) is 4.06. The molecule has 4 nitrogen and oxygen atoms in total. The zero-order valence-electron chi connectivity index (χ0n) is 10.8. The second-order valence-electron chi connectivity index (χ2n) is 4.17. The van der Waals surface area contributed by atoms with Crippen LogP contribution in [0.15, 0.2) is 36.5 Å². The average Bonchev–Trinajstić information content (AvgIpc) is 2.47. The molecule has 0 radical (unpaired) electrons. The minimum atomic E-state index is -0.500. The van der Waals surface area contributed by atoms with Crippen LogP contribution in [0.3, 0.4) is 0 Å². The van der Waals surface area contributed by atoms with Crippen LogP contribution in [0.4, 0.5) is 4.39 Å². The van der Waals surface area contributed by atoms with Gasteiger partial charge in [-0.25, -0.2) is 9.37 Å². The summed E-state index contributed by atoms with van der Waals surface area (Å²) in [5.74, 6) is -0.383. The van der Waals surface area contributed by atoms with Gasteiger partial charge in [-0.3, -0.25) is 4.79 Å². The SMILES string of the molecule is Cc1ccc(C#N)cc1OCC(=O)c1ccc(F)cn1. The van der Waals surface area contributed by atoms with Gasteiger partial charge in [-0.2, -0.15) is 5.26 Å². The summed E-state index contributed by atoms with van der Waals surface area (Å²) >= 11 is 0. The van der Waals surface area contributed by atoms with Gasteiger partial charge in [0.05, 0.1) is 17.8 Å². The van der Waals surface area contributed by atoms with Crippen LogP contribution >= 0.6 is 0 Å². The Morgan fingerprint density at radius 1 is 1.40 bits per heavy atom. The Morgan fingerprint density at radius 3 is 2.85 bits per heavy atom. The van der Waals surface area contributed by atoms with Crippen molar-refractivity contribution in [3.8, 4) is 11.8 Å². The van der Waals surface area contributed by atoms with E-state index < -0.39 is 5.82 Å². The molecular formula is C15H11FN2O2. The first kappa shape index (κ1) is 13.7. The fourth-order valence-electron chi connectivity index (χ4n) is 1.58. The van der Waals surface area contributed by atoms with Crippen molar-refractivity contribution in [2.45, 2.75) is 6.92 Å². The summed E-state index contributed by atoms with van der Waals surface area (Å²) in [6, 6.07) is 9.46. The summed E-state index contributed by atoms with van der Waals surface area (Å²) in [4.78, 5) is 15.5. The molecule has 0 N–H and O–H groups in total. The maximum absolute atomic E-state index is 12.7. The maximum atomic E-state index is 12.7. The monoisotopic (exact) mass is 270 g/mol. The highest BCUT2D eigenvalue weighted by molar-refractivity contribution is 5.95. The van der Waals surface area contributed by atoms with Crippen LogP contribution in [0.2, 0.25) is 0 Å². The summed E-state index contributed by atoms with van der Waals surface area (Å²) in [6.45, 7) is 1.60. The van der Waals surface area contributed by atoms with Gasteiger partial charge in [-0.1, -0.05) is 6.07 Å². The van der Waals surface area contributed by atoms with Crippen molar-refractivity contribution in [3.63, 3.8) is 0 Å². The van der Waals surface area contributed by atoms with Crippen LogP contribution in [0.25, 0.3) is 0 Å². The van der Waals surface area contributed by atoms with E-state index in [0.29, 0.717) is 11.3 Å². The predicted molar refractivity (Wildman–Crippen MR) is 69.9 cm³/mol. The van der Waals surface area contributed by atoms with E-state index in [1.807, 2.05) is 13.0 Å². The van der Waals surface area contributed by atoms with Gasteiger partial charge in [-0.15, -0.1) is 0 Å². The molecule has 0 saturated carbocycles. The van der Waals surface area contributed by atoms with Crippen LogP contribution in [-0.2, 0) is 0 Å². The third-order valence-corrected chi connectivity index (χ3v) is 2.69. The first-order valence-corrected chi connectivity index (χ1v) is 5.88. The number of carbonyl (C=O) groups excluding carboxylic acids is 1. The highest BCUT2D eigenvalue weighted by atomic mass is 19.1. The van der Waals surface area contributed by atoms with Gasteiger partial charge < -0.3 is 4.74 Å². The number of nitriles is 1. The fourth-order valence-corrected chi connectivity index (χ4v) is 1.58. The van der Waals surface area contributed by atoms with Crippen LogP contribution in [0.5, 0.6) is 5.75 Å². The Hall–Kier alpha value is -2.74. The number of hydrogen-bond acceptors (Lipinski definition) is 4. The molecule has 0 bridgehead atoms. The molecule has 0 aliphatic heterocycles. The highest BCUT2D eigenvalue weighted by Crippen LogP contribution is 2.19. The van der Waals surface area contributed by atoms with Crippen LogP contribution in [0, 0.1) is 24.1 Å². The number of hydrogen-bond donors (Lipinski definition) is 0. The lowest BCUT2D eigenvalue weighted by Gasteiger charge is -2.08. The largest absolute Gasteiger partial charge is 0.485 e. The maximum Gasteiger partial charge on any atom is 0.218 e. The number of rotatable bonds is 4. The Morgan fingerprint density at radius 2 is 2.20 bits per heavy atom. The second-order valence-corrected chi connectivity index (χ2v) is 4.17. The van der Waals surface area contributed by atoms with E-state index in [9.17, 15) is 9.18 Å². The Labute approximate surface area is 115 Å². The van der Waals surface area contributed by atoms with Crippen molar-refractivity contribution in [2.24, 2.45) is 0 Å². The minimum Gasteiger partial charge on any atom is -0.485 e. The lowest BCUT2D eigenvalue weighted by Crippen LogP contribution is -2.13.